The van der Waals surface area contributed by atoms with Gasteiger partial charge in [-0.2, -0.15) is 4.36 Å². The number of hydrogen-bond donors (Lipinski definition) is 0. The lowest BCUT2D eigenvalue weighted by atomic mass is 10.2. The van der Waals surface area contributed by atoms with Gasteiger partial charge in [0.05, 0.1) is 9.73 Å². The molecule has 0 saturated carbocycles. The Bertz CT molecular complexity index is 465. The second kappa shape index (κ2) is 3.35. The maximum Gasteiger partial charge on any atom is 0.149 e. The predicted molar refractivity (Wildman–Crippen MR) is 55.7 cm³/mol. The standard InChI is InChI=1S/C10H12FNOS/c1-8-3-4-10(9(11)7-8)12-14(13)5-2-6-14/h3-4,7H,2,5-6H2,1H3. The molecule has 76 valence electrons. The van der Waals surface area contributed by atoms with Crippen LogP contribution in [0, 0.1) is 12.7 Å². The summed E-state index contributed by atoms with van der Waals surface area (Å²) in [4.78, 5) is 0. The van der Waals surface area contributed by atoms with Crippen molar-refractivity contribution < 1.29 is 8.60 Å². The molecule has 2 nitrogen and oxygen atoms in total. The molecule has 1 aliphatic heterocycles. The van der Waals surface area contributed by atoms with Crippen molar-refractivity contribution in [2.75, 3.05) is 11.5 Å². The van der Waals surface area contributed by atoms with E-state index >= 15 is 0 Å². The van der Waals surface area contributed by atoms with Crippen LogP contribution in [0.2, 0.25) is 0 Å². The van der Waals surface area contributed by atoms with Crippen molar-refractivity contribution in [1.82, 2.24) is 0 Å². The zero-order valence-corrected chi connectivity index (χ0v) is 8.81. The molecule has 0 radical (unpaired) electrons. The van der Waals surface area contributed by atoms with Gasteiger partial charge in [0, 0.05) is 11.5 Å². The summed E-state index contributed by atoms with van der Waals surface area (Å²) < 4.78 is 29.0. The van der Waals surface area contributed by atoms with Crippen molar-refractivity contribution in [2.24, 2.45) is 4.36 Å². The molecular formula is C10H12FNOS. The molecular weight excluding hydrogens is 201 g/mol. The Morgan fingerprint density at radius 2 is 2.14 bits per heavy atom. The van der Waals surface area contributed by atoms with Gasteiger partial charge in [0.2, 0.25) is 0 Å². The van der Waals surface area contributed by atoms with Crippen molar-refractivity contribution >= 4 is 15.4 Å². The minimum absolute atomic E-state index is 0.236. The van der Waals surface area contributed by atoms with Crippen LogP contribution in [0.25, 0.3) is 0 Å². The molecule has 1 fully saturated rings. The van der Waals surface area contributed by atoms with Crippen LogP contribution in [0.5, 0.6) is 0 Å². The lowest BCUT2D eigenvalue weighted by Gasteiger charge is -2.17. The smallest absolute Gasteiger partial charge is 0.149 e. The molecule has 0 bridgehead atoms. The van der Waals surface area contributed by atoms with Crippen LogP contribution in [0.1, 0.15) is 12.0 Å². The SMILES string of the molecule is Cc1ccc(N=S2(=O)CCC2)c(F)c1. The van der Waals surface area contributed by atoms with Crippen LogP contribution in [-0.4, -0.2) is 15.7 Å². The van der Waals surface area contributed by atoms with E-state index < -0.39 is 9.73 Å². The van der Waals surface area contributed by atoms with E-state index in [-0.39, 0.29) is 11.5 Å². The van der Waals surface area contributed by atoms with E-state index in [1.54, 1.807) is 12.1 Å². The third-order valence-corrected chi connectivity index (χ3v) is 4.68. The zero-order valence-electron chi connectivity index (χ0n) is 8.00. The molecule has 0 spiro atoms. The normalized spacial score (nSPS) is 18.7. The minimum Gasteiger partial charge on any atom is -0.249 e. The van der Waals surface area contributed by atoms with Crippen molar-refractivity contribution in [3.63, 3.8) is 0 Å². The van der Waals surface area contributed by atoms with Crippen LogP contribution in [-0.2, 0) is 9.73 Å². The number of rotatable bonds is 1. The third-order valence-electron chi connectivity index (χ3n) is 2.29. The van der Waals surface area contributed by atoms with Gasteiger partial charge in [-0.15, -0.1) is 0 Å². The van der Waals surface area contributed by atoms with E-state index in [2.05, 4.69) is 4.36 Å². The second-order valence-corrected chi connectivity index (χ2v) is 6.12. The summed E-state index contributed by atoms with van der Waals surface area (Å²) in [6.07, 6.45) is 0.940. The summed E-state index contributed by atoms with van der Waals surface area (Å²) >= 11 is 0. The molecule has 0 aliphatic carbocycles. The van der Waals surface area contributed by atoms with Crippen molar-refractivity contribution in [1.29, 1.82) is 0 Å². The number of hydrogen-bond acceptors (Lipinski definition) is 2. The summed E-state index contributed by atoms with van der Waals surface area (Å²) in [5, 5.41) is 0. The molecule has 1 saturated heterocycles. The fourth-order valence-corrected chi connectivity index (χ4v) is 2.82. The van der Waals surface area contributed by atoms with Gasteiger partial charge in [-0.3, -0.25) is 0 Å². The molecule has 1 heterocycles. The molecule has 14 heavy (non-hydrogen) atoms. The van der Waals surface area contributed by atoms with E-state index in [9.17, 15) is 8.60 Å². The van der Waals surface area contributed by atoms with E-state index in [1.165, 1.54) is 6.07 Å². The number of halogens is 1. The second-order valence-electron chi connectivity index (χ2n) is 3.58. The Morgan fingerprint density at radius 3 is 2.64 bits per heavy atom. The Morgan fingerprint density at radius 1 is 1.43 bits per heavy atom. The van der Waals surface area contributed by atoms with Gasteiger partial charge in [-0.05, 0) is 31.0 Å². The predicted octanol–water partition coefficient (Wildman–Crippen LogP) is 2.64. The van der Waals surface area contributed by atoms with Gasteiger partial charge in [-0.25, -0.2) is 8.60 Å². The van der Waals surface area contributed by atoms with Crippen molar-refractivity contribution in [2.45, 2.75) is 13.3 Å². The maximum absolute atomic E-state index is 13.3. The molecule has 0 amide bonds. The van der Waals surface area contributed by atoms with Crippen LogP contribution in [0.3, 0.4) is 0 Å². The average molecular weight is 213 g/mol. The highest BCUT2D eigenvalue weighted by molar-refractivity contribution is 7.95. The van der Waals surface area contributed by atoms with Gasteiger partial charge in [-0.1, -0.05) is 6.07 Å². The molecule has 0 unspecified atom stereocenters. The monoisotopic (exact) mass is 213 g/mol. The first-order valence-corrected chi connectivity index (χ1v) is 6.43. The van der Waals surface area contributed by atoms with Gasteiger partial charge >= 0.3 is 0 Å². The number of benzene rings is 1. The molecule has 0 N–H and O–H groups in total. The summed E-state index contributed by atoms with van der Waals surface area (Å²) in [6, 6.07) is 4.79. The quantitative estimate of drug-likeness (QED) is 0.705. The highest BCUT2D eigenvalue weighted by Crippen LogP contribution is 2.24. The van der Waals surface area contributed by atoms with Gasteiger partial charge in [0.25, 0.3) is 0 Å². The fraction of sp³-hybridized carbons (Fsp3) is 0.400. The molecule has 4 heteroatoms. The van der Waals surface area contributed by atoms with Gasteiger partial charge in [0.15, 0.2) is 0 Å². The first kappa shape index (κ1) is 9.65. The van der Waals surface area contributed by atoms with Gasteiger partial charge < -0.3 is 0 Å². The fourth-order valence-electron chi connectivity index (χ4n) is 1.35. The van der Waals surface area contributed by atoms with Gasteiger partial charge in [0.1, 0.15) is 11.5 Å². The van der Waals surface area contributed by atoms with Crippen LogP contribution in [0.4, 0.5) is 10.1 Å². The molecule has 1 aliphatic rings. The van der Waals surface area contributed by atoms with E-state index in [1.807, 2.05) is 6.92 Å². The zero-order chi connectivity index (χ0) is 10.2. The van der Waals surface area contributed by atoms with E-state index in [4.69, 9.17) is 0 Å². The van der Waals surface area contributed by atoms with E-state index in [0.717, 1.165) is 12.0 Å². The number of aryl methyl sites for hydroxylation is 1. The lowest BCUT2D eigenvalue weighted by molar-refractivity contribution is 0.627. The van der Waals surface area contributed by atoms with Crippen molar-refractivity contribution in [3.8, 4) is 0 Å². The topological polar surface area (TPSA) is 29.4 Å². The van der Waals surface area contributed by atoms with Crippen LogP contribution in [0.15, 0.2) is 22.6 Å². The highest BCUT2D eigenvalue weighted by atomic mass is 32.2. The number of nitrogens with zero attached hydrogens (tertiary/aromatic N) is 1. The Balaban J connectivity index is 2.43. The third kappa shape index (κ3) is 1.80. The van der Waals surface area contributed by atoms with Crippen molar-refractivity contribution in [3.05, 3.63) is 29.6 Å². The Kier molecular flexibility index (Phi) is 2.31. The average Bonchev–Trinajstić information content (AvgIpc) is 2.07. The first-order chi connectivity index (χ1) is 6.59. The summed E-state index contributed by atoms with van der Waals surface area (Å²) in [7, 11) is -2.09. The summed E-state index contributed by atoms with van der Waals surface area (Å²) in [6.45, 7) is 1.82. The Labute approximate surface area is 83.3 Å². The highest BCUT2D eigenvalue weighted by Gasteiger charge is 2.19. The maximum atomic E-state index is 13.3. The Hall–Kier alpha value is -0.900. The first-order valence-electron chi connectivity index (χ1n) is 4.58. The van der Waals surface area contributed by atoms with E-state index in [0.29, 0.717) is 11.5 Å². The molecule has 1 aromatic rings. The van der Waals surface area contributed by atoms with Crippen LogP contribution >= 0.6 is 0 Å². The summed E-state index contributed by atoms with van der Waals surface area (Å²) in [5.74, 6) is 0.848. The largest absolute Gasteiger partial charge is 0.249 e. The molecule has 2 rings (SSSR count). The molecule has 1 aromatic carbocycles. The lowest BCUT2D eigenvalue weighted by Crippen LogP contribution is -2.23. The molecule has 0 aromatic heterocycles. The van der Waals surface area contributed by atoms with Crippen LogP contribution < -0.4 is 0 Å². The summed E-state index contributed by atoms with van der Waals surface area (Å²) in [5.41, 5.74) is 1.09. The minimum atomic E-state index is -2.09. The molecule has 0 atom stereocenters.